The molecule has 0 unspecified atom stereocenters. The largest absolute Gasteiger partial charge is 0.382 e. The number of Topliss-reactive ketones (excluding diaryl/α,β-unsaturated/α-hetero) is 1. The lowest BCUT2D eigenvalue weighted by atomic mass is 10.1. The molecule has 0 fully saturated rings. The van der Waals surface area contributed by atoms with E-state index in [0.29, 0.717) is 5.02 Å². The standard InChI is InChI=1S/C17H16ClNO3S/c1-19(2)12-16(17(20)13-8-10-14(18)11-9-13)23(21,22)15-6-4-3-5-7-15/h3-12H,1-2H3. The molecule has 0 aliphatic heterocycles. The highest BCUT2D eigenvalue weighted by molar-refractivity contribution is 7.96. The van der Waals surface area contributed by atoms with Gasteiger partial charge in [-0.25, -0.2) is 8.42 Å². The third-order valence-corrected chi connectivity index (χ3v) is 5.06. The predicted octanol–water partition coefficient (Wildman–Crippen LogP) is 3.40. The van der Waals surface area contributed by atoms with Crippen LogP contribution in [0.25, 0.3) is 0 Å². The van der Waals surface area contributed by atoms with Crippen molar-refractivity contribution in [1.82, 2.24) is 4.90 Å². The van der Waals surface area contributed by atoms with Crippen molar-refractivity contribution in [1.29, 1.82) is 0 Å². The molecule has 0 bridgehead atoms. The molecular weight excluding hydrogens is 334 g/mol. The molecule has 0 spiro atoms. The van der Waals surface area contributed by atoms with Gasteiger partial charge in [-0.1, -0.05) is 29.8 Å². The van der Waals surface area contributed by atoms with Crippen LogP contribution in [0.2, 0.25) is 5.02 Å². The zero-order valence-corrected chi connectivity index (χ0v) is 14.3. The monoisotopic (exact) mass is 349 g/mol. The summed E-state index contributed by atoms with van der Waals surface area (Å²) < 4.78 is 25.6. The molecule has 0 saturated carbocycles. The summed E-state index contributed by atoms with van der Waals surface area (Å²) in [6, 6.07) is 14.0. The van der Waals surface area contributed by atoms with E-state index >= 15 is 0 Å². The van der Waals surface area contributed by atoms with Gasteiger partial charge in [-0.15, -0.1) is 0 Å². The first-order chi connectivity index (χ1) is 10.8. The van der Waals surface area contributed by atoms with Crippen LogP contribution in [-0.2, 0) is 9.84 Å². The number of halogens is 1. The van der Waals surface area contributed by atoms with Gasteiger partial charge in [0, 0.05) is 30.9 Å². The molecule has 120 valence electrons. The van der Waals surface area contributed by atoms with Gasteiger partial charge in [0.15, 0.2) is 0 Å². The SMILES string of the molecule is CN(C)C=C(C(=O)c1ccc(Cl)cc1)S(=O)(=O)c1ccccc1. The highest BCUT2D eigenvalue weighted by Crippen LogP contribution is 2.23. The molecule has 0 amide bonds. The van der Waals surface area contributed by atoms with Crippen molar-refractivity contribution in [3.63, 3.8) is 0 Å². The minimum Gasteiger partial charge on any atom is -0.382 e. The van der Waals surface area contributed by atoms with Crippen molar-refractivity contribution in [2.45, 2.75) is 4.90 Å². The fourth-order valence-corrected chi connectivity index (χ4v) is 3.56. The first-order valence-electron chi connectivity index (χ1n) is 6.81. The Balaban J connectivity index is 2.54. The maximum atomic E-state index is 12.8. The van der Waals surface area contributed by atoms with Gasteiger partial charge in [0.05, 0.1) is 4.90 Å². The van der Waals surface area contributed by atoms with Crippen molar-refractivity contribution < 1.29 is 13.2 Å². The van der Waals surface area contributed by atoms with E-state index < -0.39 is 15.6 Å². The Bertz CT molecular complexity index is 826. The molecule has 23 heavy (non-hydrogen) atoms. The van der Waals surface area contributed by atoms with Crippen molar-refractivity contribution >= 4 is 27.2 Å². The summed E-state index contributed by atoms with van der Waals surface area (Å²) in [5.74, 6) is -0.570. The second-order valence-corrected chi connectivity index (χ2v) is 7.46. The summed E-state index contributed by atoms with van der Waals surface area (Å²) in [5.41, 5.74) is 0.266. The zero-order valence-electron chi connectivity index (χ0n) is 12.7. The van der Waals surface area contributed by atoms with E-state index in [0.717, 1.165) is 0 Å². The maximum Gasteiger partial charge on any atom is 0.211 e. The smallest absolute Gasteiger partial charge is 0.211 e. The Morgan fingerprint density at radius 1 is 1.00 bits per heavy atom. The summed E-state index contributed by atoms with van der Waals surface area (Å²) in [6.07, 6.45) is 1.32. The van der Waals surface area contributed by atoms with Crippen LogP contribution in [0.15, 0.2) is 70.6 Å². The highest BCUT2D eigenvalue weighted by atomic mass is 35.5. The van der Waals surface area contributed by atoms with E-state index in [1.54, 1.807) is 44.4 Å². The Hall–Kier alpha value is -2.11. The Morgan fingerprint density at radius 3 is 2.09 bits per heavy atom. The molecule has 0 heterocycles. The molecule has 0 atom stereocenters. The Kier molecular flexibility index (Phi) is 5.23. The summed E-state index contributed by atoms with van der Waals surface area (Å²) >= 11 is 5.81. The lowest BCUT2D eigenvalue weighted by Crippen LogP contribution is -2.18. The molecule has 2 rings (SSSR count). The normalized spacial score (nSPS) is 12.0. The van der Waals surface area contributed by atoms with Crippen molar-refractivity contribution in [3.8, 4) is 0 Å². The predicted molar refractivity (Wildman–Crippen MR) is 91.2 cm³/mol. The topological polar surface area (TPSA) is 54.5 Å². The van der Waals surface area contributed by atoms with Crippen molar-refractivity contribution in [3.05, 3.63) is 76.3 Å². The lowest BCUT2D eigenvalue weighted by Gasteiger charge is -2.12. The van der Waals surface area contributed by atoms with Crippen LogP contribution >= 0.6 is 11.6 Å². The number of ketones is 1. The van der Waals surface area contributed by atoms with E-state index in [1.807, 2.05) is 0 Å². The van der Waals surface area contributed by atoms with Gasteiger partial charge in [-0.3, -0.25) is 4.79 Å². The quantitative estimate of drug-likeness (QED) is 0.613. The average molecular weight is 350 g/mol. The zero-order chi connectivity index (χ0) is 17.0. The van der Waals surface area contributed by atoms with Gasteiger partial charge < -0.3 is 4.90 Å². The second-order valence-electron chi connectivity index (χ2n) is 5.11. The molecule has 0 saturated heterocycles. The van der Waals surface area contributed by atoms with Gasteiger partial charge in [0.25, 0.3) is 0 Å². The molecule has 4 nitrogen and oxygen atoms in total. The van der Waals surface area contributed by atoms with Crippen LogP contribution in [-0.4, -0.2) is 33.2 Å². The molecule has 2 aromatic carbocycles. The van der Waals surface area contributed by atoms with Crippen LogP contribution in [0, 0.1) is 0 Å². The van der Waals surface area contributed by atoms with Crippen LogP contribution < -0.4 is 0 Å². The first kappa shape index (κ1) is 17.2. The average Bonchev–Trinajstić information content (AvgIpc) is 2.53. The number of rotatable bonds is 5. The minimum atomic E-state index is -3.92. The number of sulfone groups is 1. The number of hydrogen-bond donors (Lipinski definition) is 0. The van der Waals surface area contributed by atoms with E-state index in [4.69, 9.17) is 11.6 Å². The molecule has 0 aromatic heterocycles. The molecular formula is C17H16ClNO3S. The molecule has 2 aromatic rings. The number of hydrogen-bond acceptors (Lipinski definition) is 4. The van der Waals surface area contributed by atoms with Gasteiger partial charge >= 0.3 is 0 Å². The highest BCUT2D eigenvalue weighted by Gasteiger charge is 2.28. The summed E-state index contributed by atoms with van der Waals surface area (Å²) in [5, 5.41) is 0.477. The van der Waals surface area contributed by atoms with E-state index in [9.17, 15) is 13.2 Å². The number of allylic oxidation sites excluding steroid dienone is 1. The molecule has 0 aliphatic rings. The fraction of sp³-hybridized carbons (Fsp3) is 0.118. The van der Waals surface area contributed by atoms with Crippen LogP contribution in [0.1, 0.15) is 10.4 Å². The maximum absolute atomic E-state index is 12.8. The van der Waals surface area contributed by atoms with E-state index in [-0.39, 0.29) is 15.4 Å². The van der Waals surface area contributed by atoms with Gasteiger partial charge in [-0.2, -0.15) is 0 Å². The third-order valence-electron chi connectivity index (χ3n) is 3.05. The molecule has 6 heteroatoms. The van der Waals surface area contributed by atoms with Gasteiger partial charge in [-0.05, 0) is 36.4 Å². The fourth-order valence-electron chi connectivity index (χ4n) is 1.95. The molecule has 0 radical (unpaired) electrons. The number of benzene rings is 2. The van der Waals surface area contributed by atoms with Crippen LogP contribution in [0.4, 0.5) is 0 Å². The number of carbonyl (C=O) groups excluding carboxylic acids is 1. The second kappa shape index (κ2) is 6.98. The van der Waals surface area contributed by atoms with E-state index in [1.165, 1.54) is 35.4 Å². The van der Waals surface area contributed by atoms with Crippen molar-refractivity contribution in [2.24, 2.45) is 0 Å². The van der Waals surface area contributed by atoms with Crippen molar-refractivity contribution in [2.75, 3.05) is 14.1 Å². The Morgan fingerprint density at radius 2 is 1.57 bits per heavy atom. The number of carbonyl (C=O) groups is 1. The van der Waals surface area contributed by atoms with E-state index in [2.05, 4.69) is 0 Å². The summed E-state index contributed by atoms with van der Waals surface area (Å²) in [4.78, 5) is 14.0. The summed E-state index contributed by atoms with van der Waals surface area (Å²) in [7, 11) is -0.592. The lowest BCUT2D eigenvalue weighted by molar-refractivity contribution is 0.104. The van der Waals surface area contributed by atoms with Crippen LogP contribution in [0.5, 0.6) is 0 Å². The Labute approximate surface area is 140 Å². The first-order valence-corrected chi connectivity index (χ1v) is 8.67. The molecule has 0 N–H and O–H groups in total. The third kappa shape index (κ3) is 4.00. The molecule has 0 aliphatic carbocycles. The van der Waals surface area contributed by atoms with Gasteiger partial charge in [0.2, 0.25) is 15.6 Å². The summed E-state index contributed by atoms with van der Waals surface area (Å²) in [6.45, 7) is 0. The number of nitrogens with zero attached hydrogens (tertiary/aromatic N) is 1. The van der Waals surface area contributed by atoms with Gasteiger partial charge in [0.1, 0.15) is 4.91 Å². The minimum absolute atomic E-state index is 0.0791. The van der Waals surface area contributed by atoms with Crippen LogP contribution in [0.3, 0.4) is 0 Å².